The maximum atomic E-state index is 13.2. The molecule has 0 bridgehead atoms. The SMILES string of the molecule is COC1CNC(C(=O)NC(C)c2ccc(F)c(F)c2)C1. The molecule has 20 heavy (non-hydrogen) atoms. The van der Waals surface area contributed by atoms with Gasteiger partial charge in [-0.2, -0.15) is 0 Å². The van der Waals surface area contributed by atoms with Crippen LogP contribution in [0, 0.1) is 11.6 Å². The predicted molar refractivity (Wildman–Crippen MR) is 70.1 cm³/mol. The molecule has 3 atom stereocenters. The molecule has 2 rings (SSSR count). The van der Waals surface area contributed by atoms with Crippen LogP contribution in [0.4, 0.5) is 8.78 Å². The fourth-order valence-electron chi connectivity index (χ4n) is 2.26. The Balaban J connectivity index is 1.95. The van der Waals surface area contributed by atoms with Crippen molar-refractivity contribution >= 4 is 5.91 Å². The highest BCUT2D eigenvalue weighted by atomic mass is 19.2. The zero-order valence-corrected chi connectivity index (χ0v) is 11.5. The summed E-state index contributed by atoms with van der Waals surface area (Å²) in [5, 5.41) is 5.85. The van der Waals surface area contributed by atoms with Crippen LogP contribution in [0.15, 0.2) is 18.2 Å². The topological polar surface area (TPSA) is 50.4 Å². The maximum Gasteiger partial charge on any atom is 0.237 e. The van der Waals surface area contributed by atoms with E-state index in [0.29, 0.717) is 18.5 Å². The first-order chi connectivity index (χ1) is 9.51. The van der Waals surface area contributed by atoms with Gasteiger partial charge in [-0.05, 0) is 31.0 Å². The average molecular weight is 284 g/mol. The molecule has 1 aliphatic heterocycles. The summed E-state index contributed by atoms with van der Waals surface area (Å²) in [5.41, 5.74) is 0.526. The van der Waals surface area contributed by atoms with E-state index in [4.69, 9.17) is 4.74 Å². The molecule has 1 fully saturated rings. The standard InChI is InChI=1S/C14H18F2N2O2/c1-8(9-3-4-11(15)12(16)5-9)18-14(19)13-6-10(20-2)7-17-13/h3-5,8,10,13,17H,6-7H2,1-2H3,(H,18,19). The first kappa shape index (κ1) is 14.9. The number of methoxy groups -OCH3 is 1. The molecular formula is C14H18F2N2O2. The van der Waals surface area contributed by atoms with E-state index >= 15 is 0 Å². The van der Waals surface area contributed by atoms with E-state index in [-0.39, 0.29) is 24.1 Å². The van der Waals surface area contributed by atoms with Crippen molar-refractivity contribution < 1.29 is 18.3 Å². The lowest BCUT2D eigenvalue weighted by atomic mass is 10.1. The summed E-state index contributed by atoms with van der Waals surface area (Å²) in [6, 6.07) is 2.92. The van der Waals surface area contributed by atoms with Crippen LogP contribution in [0.2, 0.25) is 0 Å². The van der Waals surface area contributed by atoms with Crippen molar-refractivity contribution in [2.24, 2.45) is 0 Å². The lowest BCUT2D eigenvalue weighted by molar-refractivity contribution is -0.123. The smallest absolute Gasteiger partial charge is 0.237 e. The van der Waals surface area contributed by atoms with Crippen molar-refractivity contribution in [3.8, 4) is 0 Å². The predicted octanol–water partition coefficient (Wildman–Crippen LogP) is 1.52. The van der Waals surface area contributed by atoms with Gasteiger partial charge in [0.25, 0.3) is 0 Å². The Morgan fingerprint density at radius 2 is 2.20 bits per heavy atom. The first-order valence-corrected chi connectivity index (χ1v) is 6.52. The highest BCUT2D eigenvalue weighted by Crippen LogP contribution is 2.17. The van der Waals surface area contributed by atoms with Crippen LogP contribution < -0.4 is 10.6 Å². The normalized spacial score (nSPS) is 23.6. The largest absolute Gasteiger partial charge is 0.380 e. The Kier molecular flexibility index (Phi) is 4.67. The van der Waals surface area contributed by atoms with E-state index in [1.165, 1.54) is 6.07 Å². The van der Waals surface area contributed by atoms with E-state index in [0.717, 1.165) is 12.1 Å². The zero-order chi connectivity index (χ0) is 14.7. The van der Waals surface area contributed by atoms with Gasteiger partial charge in [-0.1, -0.05) is 6.07 Å². The minimum atomic E-state index is -0.915. The molecule has 0 radical (unpaired) electrons. The van der Waals surface area contributed by atoms with Crippen molar-refractivity contribution in [1.82, 2.24) is 10.6 Å². The van der Waals surface area contributed by atoms with Gasteiger partial charge < -0.3 is 15.4 Å². The lowest BCUT2D eigenvalue weighted by Crippen LogP contribution is -2.41. The molecule has 1 aromatic rings. The fraction of sp³-hybridized carbons (Fsp3) is 0.500. The molecule has 0 aromatic heterocycles. The van der Waals surface area contributed by atoms with Crippen molar-refractivity contribution in [3.63, 3.8) is 0 Å². The molecule has 1 heterocycles. The molecule has 0 saturated carbocycles. The molecule has 2 N–H and O–H groups in total. The third-order valence-corrected chi connectivity index (χ3v) is 3.54. The van der Waals surface area contributed by atoms with Gasteiger partial charge in [0.2, 0.25) is 5.91 Å². The summed E-state index contributed by atoms with van der Waals surface area (Å²) >= 11 is 0. The quantitative estimate of drug-likeness (QED) is 0.881. The van der Waals surface area contributed by atoms with Gasteiger partial charge in [-0.15, -0.1) is 0 Å². The second kappa shape index (κ2) is 6.28. The van der Waals surface area contributed by atoms with E-state index in [1.807, 2.05) is 0 Å². The third kappa shape index (κ3) is 3.32. The Morgan fingerprint density at radius 1 is 1.45 bits per heavy atom. The van der Waals surface area contributed by atoms with Gasteiger partial charge in [-0.25, -0.2) is 8.78 Å². The summed E-state index contributed by atoms with van der Waals surface area (Å²) < 4.78 is 31.2. The van der Waals surface area contributed by atoms with Crippen molar-refractivity contribution in [1.29, 1.82) is 0 Å². The number of hydrogen-bond acceptors (Lipinski definition) is 3. The lowest BCUT2D eigenvalue weighted by Gasteiger charge is -2.17. The summed E-state index contributed by atoms with van der Waals surface area (Å²) in [6.45, 7) is 2.36. The third-order valence-electron chi connectivity index (χ3n) is 3.54. The van der Waals surface area contributed by atoms with Crippen LogP contribution in [0.5, 0.6) is 0 Å². The molecule has 1 aliphatic rings. The molecule has 1 amide bonds. The Hall–Kier alpha value is -1.53. The molecular weight excluding hydrogens is 266 g/mol. The molecule has 1 aromatic carbocycles. The molecule has 0 aliphatic carbocycles. The van der Waals surface area contributed by atoms with Gasteiger partial charge in [-0.3, -0.25) is 4.79 Å². The number of halogens is 2. The van der Waals surface area contributed by atoms with Gasteiger partial charge in [0.1, 0.15) is 0 Å². The van der Waals surface area contributed by atoms with Crippen molar-refractivity contribution in [3.05, 3.63) is 35.4 Å². The molecule has 0 spiro atoms. The summed E-state index contributed by atoms with van der Waals surface area (Å²) in [7, 11) is 1.61. The summed E-state index contributed by atoms with van der Waals surface area (Å²) in [4.78, 5) is 12.0. The van der Waals surface area contributed by atoms with Crippen LogP contribution in [0.25, 0.3) is 0 Å². The van der Waals surface area contributed by atoms with Crippen LogP contribution in [-0.2, 0) is 9.53 Å². The zero-order valence-electron chi connectivity index (χ0n) is 11.5. The van der Waals surface area contributed by atoms with Gasteiger partial charge in [0.15, 0.2) is 11.6 Å². The van der Waals surface area contributed by atoms with Crippen molar-refractivity contribution in [2.45, 2.75) is 31.5 Å². The van der Waals surface area contributed by atoms with Crippen LogP contribution in [0.1, 0.15) is 24.9 Å². The van der Waals surface area contributed by atoms with E-state index < -0.39 is 11.6 Å². The van der Waals surface area contributed by atoms with Crippen molar-refractivity contribution in [2.75, 3.05) is 13.7 Å². The number of ether oxygens (including phenoxy) is 1. The number of rotatable bonds is 4. The number of benzene rings is 1. The number of carbonyl (C=O) groups is 1. The highest BCUT2D eigenvalue weighted by Gasteiger charge is 2.30. The van der Waals surface area contributed by atoms with Crippen LogP contribution >= 0.6 is 0 Å². The molecule has 6 heteroatoms. The molecule has 110 valence electrons. The number of nitrogens with one attached hydrogen (secondary N) is 2. The summed E-state index contributed by atoms with van der Waals surface area (Å²) in [5.74, 6) is -1.98. The van der Waals surface area contributed by atoms with Gasteiger partial charge in [0.05, 0.1) is 18.2 Å². The highest BCUT2D eigenvalue weighted by molar-refractivity contribution is 5.82. The Labute approximate surface area is 116 Å². The molecule has 4 nitrogen and oxygen atoms in total. The summed E-state index contributed by atoms with van der Waals surface area (Å²) in [6.07, 6.45) is 0.636. The van der Waals surface area contributed by atoms with Gasteiger partial charge >= 0.3 is 0 Å². The second-order valence-corrected chi connectivity index (χ2v) is 4.96. The van der Waals surface area contributed by atoms with Crippen LogP contribution in [0.3, 0.4) is 0 Å². The second-order valence-electron chi connectivity index (χ2n) is 4.96. The van der Waals surface area contributed by atoms with E-state index in [9.17, 15) is 13.6 Å². The number of carbonyl (C=O) groups excluding carboxylic acids is 1. The minimum absolute atomic E-state index is 0.0318. The monoisotopic (exact) mass is 284 g/mol. The fourth-order valence-corrected chi connectivity index (χ4v) is 2.26. The molecule has 1 saturated heterocycles. The van der Waals surface area contributed by atoms with E-state index in [1.54, 1.807) is 14.0 Å². The number of amides is 1. The average Bonchev–Trinajstić information content (AvgIpc) is 2.90. The Bertz CT molecular complexity index is 496. The molecule has 3 unspecified atom stereocenters. The van der Waals surface area contributed by atoms with Crippen LogP contribution in [-0.4, -0.2) is 31.7 Å². The minimum Gasteiger partial charge on any atom is -0.380 e. The first-order valence-electron chi connectivity index (χ1n) is 6.52. The maximum absolute atomic E-state index is 13.2. The van der Waals surface area contributed by atoms with Gasteiger partial charge in [0, 0.05) is 13.7 Å². The van der Waals surface area contributed by atoms with E-state index in [2.05, 4.69) is 10.6 Å². The number of hydrogen-bond donors (Lipinski definition) is 2. The Morgan fingerprint density at radius 3 is 2.80 bits per heavy atom.